The van der Waals surface area contributed by atoms with Gasteiger partial charge in [-0.1, -0.05) is 13.8 Å². The van der Waals surface area contributed by atoms with Crippen LogP contribution in [0.5, 0.6) is 0 Å². The predicted octanol–water partition coefficient (Wildman–Crippen LogP) is 2.85. The van der Waals surface area contributed by atoms with E-state index in [2.05, 4.69) is 13.8 Å². The zero-order chi connectivity index (χ0) is 12.7. The van der Waals surface area contributed by atoms with Gasteiger partial charge in [0, 0.05) is 13.7 Å². The van der Waals surface area contributed by atoms with Crippen LogP contribution in [0.1, 0.15) is 33.1 Å². The van der Waals surface area contributed by atoms with Gasteiger partial charge >= 0.3 is 0 Å². The van der Waals surface area contributed by atoms with Gasteiger partial charge in [-0.3, -0.25) is 0 Å². The molecule has 4 heteroatoms. The van der Waals surface area contributed by atoms with Crippen LogP contribution in [0.3, 0.4) is 0 Å². The van der Waals surface area contributed by atoms with E-state index in [1.54, 1.807) is 7.11 Å². The first-order chi connectivity index (χ1) is 8.15. The van der Waals surface area contributed by atoms with Gasteiger partial charge in [-0.05, 0) is 25.2 Å². The van der Waals surface area contributed by atoms with Crippen LogP contribution in [-0.2, 0) is 14.2 Å². The van der Waals surface area contributed by atoms with Gasteiger partial charge in [-0.15, -0.1) is 11.6 Å². The Bertz CT molecular complexity index is 199. The van der Waals surface area contributed by atoms with Gasteiger partial charge in [0.15, 0.2) is 0 Å². The predicted molar refractivity (Wildman–Crippen MR) is 69.7 cm³/mol. The van der Waals surface area contributed by atoms with Gasteiger partial charge in [-0.2, -0.15) is 0 Å². The minimum absolute atomic E-state index is 0.0471. The monoisotopic (exact) mass is 264 g/mol. The van der Waals surface area contributed by atoms with Crippen molar-refractivity contribution in [2.24, 2.45) is 5.92 Å². The number of ether oxygens (including phenoxy) is 3. The molecule has 0 saturated heterocycles. The van der Waals surface area contributed by atoms with Crippen molar-refractivity contribution in [1.82, 2.24) is 0 Å². The number of rotatable bonds is 9. The van der Waals surface area contributed by atoms with Crippen molar-refractivity contribution in [2.45, 2.75) is 50.7 Å². The Morgan fingerprint density at radius 1 is 1.18 bits per heavy atom. The highest BCUT2D eigenvalue weighted by molar-refractivity contribution is 6.21. The number of methoxy groups -OCH3 is 1. The Morgan fingerprint density at radius 3 is 2.53 bits per heavy atom. The maximum Gasteiger partial charge on any atom is 0.100 e. The van der Waals surface area contributed by atoms with Gasteiger partial charge in [-0.25, -0.2) is 0 Å². The summed E-state index contributed by atoms with van der Waals surface area (Å²) in [7, 11) is 1.67. The molecule has 1 saturated carbocycles. The molecule has 0 bridgehead atoms. The lowest BCUT2D eigenvalue weighted by Gasteiger charge is -2.40. The molecule has 0 N–H and O–H groups in total. The van der Waals surface area contributed by atoms with Crippen molar-refractivity contribution in [3.05, 3.63) is 0 Å². The zero-order valence-corrected chi connectivity index (χ0v) is 11.9. The van der Waals surface area contributed by atoms with Crippen molar-refractivity contribution >= 4 is 11.6 Å². The molecule has 0 aromatic rings. The van der Waals surface area contributed by atoms with Crippen LogP contribution < -0.4 is 0 Å². The van der Waals surface area contributed by atoms with E-state index in [-0.39, 0.29) is 17.6 Å². The second-order valence-electron chi connectivity index (χ2n) is 5.03. The number of halogens is 1. The summed E-state index contributed by atoms with van der Waals surface area (Å²) >= 11 is 6.11. The SMILES string of the molecule is COCCOC1C(Cl)CC1OCCCC(C)C. The van der Waals surface area contributed by atoms with Crippen molar-refractivity contribution in [3.8, 4) is 0 Å². The molecule has 0 aromatic heterocycles. The highest BCUT2D eigenvalue weighted by Gasteiger charge is 2.41. The maximum absolute atomic E-state index is 6.11. The Balaban J connectivity index is 2.07. The molecule has 1 aliphatic carbocycles. The highest BCUT2D eigenvalue weighted by Crippen LogP contribution is 2.32. The topological polar surface area (TPSA) is 27.7 Å². The van der Waals surface area contributed by atoms with E-state index < -0.39 is 0 Å². The molecule has 0 spiro atoms. The second-order valence-corrected chi connectivity index (χ2v) is 5.59. The third-order valence-corrected chi connectivity index (χ3v) is 3.46. The summed E-state index contributed by atoms with van der Waals surface area (Å²) in [5.41, 5.74) is 0. The molecule has 0 aliphatic heterocycles. The summed E-state index contributed by atoms with van der Waals surface area (Å²) in [6, 6.07) is 0. The van der Waals surface area contributed by atoms with Gasteiger partial charge in [0.25, 0.3) is 0 Å². The molecule has 1 rings (SSSR count). The number of hydrogen-bond acceptors (Lipinski definition) is 3. The smallest absolute Gasteiger partial charge is 0.100 e. The summed E-state index contributed by atoms with van der Waals surface area (Å²) in [6.07, 6.45) is 3.46. The van der Waals surface area contributed by atoms with Crippen molar-refractivity contribution < 1.29 is 14.2 Å². The van der Waals surface area contributed by atoms with Gasteiger partial charge < -0.3 is 14.2 Å². The standard InChI is InChI=1S/C13H25ClO3/c1-10(2)5-4-6-16-12-9-11(14)13(12)17-8-7-15-3/h10-13H,4-9H2,1-3H3. The largest absolute Gasteiger partial charge is 0.382 e. The van der Waals surface area contributed by atoms with Crippen molar-refractivity contribution in [1.29, 1.82) is 0 Å². The van der Waals surface area contributed by atoms with Crippen LogP contribution in [0.2, 0.25) is 0 Å². The molecule has 3 nitrogen and oxygen atoms in total. The third kappa shape index (κ3) is 5.56. The molecule has 1 aliphatic rings. The van der Waals surface area contributed by atoms with E-state index in [9.17, 15) is 0 Å². The van der Waals surface area contributed by atoms with Crippen LogP contribution in [0, 0.1) is 5.92 Å². The van der Waals surface area contributed by atoms with Crippen LogP contribution >= 0.6 is 11.6 Å². The lowest BCUT2D eigenvalue weighted by Crippen LogP contribution is -2.51. The number of alkyl halides is 1. The average Bonchev–Trinajstić information content (AvgIpc) is 2.28. The first-order valence-corrected chi connectivity index (χ1v) is 6.95. The molecule has 3 unspecified atom stereocenters. The lowest BCUT2D eigenvalue weighted by atomic mass is 9.91. The summed E-state index contributed by atoms with van der Waals surface area (Å²) in [4.78, 5) is 0. The van der Waals surface area contributed by atoms with E-state index in [0.29, 0.717) is 13.2 Å². The van der Waals surface area contributed by atoms with E-state index in [1.807, 2.05) is 0 Å². The van der Waals surface area contributed by atoms with E-state index in [1.165, 1.54) is 6.42 Å². The Morgan fingerprint density at radius 2 is 1.94 bits per heavy atom. The van der Waals surface area contributed by atoms with E-state index in [0.717, 1.165) is 25.4 Å². The van der Waals surface area contributed by atoms with Crippen LogP contribution in [-0.4, -0.2) is 44.5 Å². The van der Waals surface area contributed by atoms with E-state index >= 15 is 0 Å². The Labute approximate surface area is 110 Å². The lowest BCUT2D eigenvalue weighted by molar-refractivity contribution is -0.130. The molecule has 1 fully saturated rings. The van der Waals surface area contributed by atoms with Gasteiger partial charge in [0.05, 0.1) is 24.7 Å². The van der Waals surface area contributed by atoms with Crippen LogP contribution in [0.4, 0.5) is 0 Å². The average molecular weight is 265 g/mol. The molecule has 102 valence electrons. The van der Waals surface area contributed by atoms with Gasteiger partial charge in [0.1, 0.15) is 6.10 Å². The molecular formula is C13H25ClO3. The summed E-state index contributed by atoms with van der Waals surface area (Å²) < 4.78 is 16.4. The zero-order valence-electron chi connectivity index (χ0n) is 11.2. The van der Waals surface area contributed by atoms with Gasteiger partial charge in [0.2, 0.25) is 0 Å². The molecule has 0 amide bonds. The fraction of sp³-hybridized carbons (Fsp3) is 1.00. The Hall–Kier alpha value is 0.170. The molecule has 0 radical (unpaired) electrons. The molecular weight excluding hydrogens is 240 g/mol. The quantitative estimate of drug-likeness (QED) is 0.473. The third-order valence-electron chi connectivity index (χ3n) is 3.04. The normalized spacial score (nSPS) is 28.4. The maximum atomic E-state index is 6.11. The van der Waals surface area contributed by atoms with Crippen molar-refractivity contribution in [2.75, 3.05) is 26.9 Å². The molecule has 17 heavy (non-hydrogen) atoms. The fourth-order valence-corrected chi connectivity index (χ4v) is 2.31. The highest BCUT2D eigenvalue weighted by atomic mass is 35.5. The molecule has 3 atom stereocenters. The summed E-state index contributed by atoms with van der Waals surface area (Å²) in [5, 5.41) is 0.0990. The minimum Gasteiger partial charge on any atom is -0.382 e. The summed E-state index contributed by atoms with van der Waals surface area (Å²) in [6.45, 7) is 6.48. The second kappa shape index (κ2) is 8.30. The van der Waals surface area contributed by atoms with Crippen LogP contribution in [0.15, 0.2) is 0 Å². The number of hydrogen-bond donors (Lipinski definition) is 0. The minimum atomic E-state index is 0.0471. The van der Waals surface area contributed by atoms with Crippen molar-refractivity contribution in [3.63, 3.8) is 0 Å². The fourth-order valence-electron chi connectivity index (χ4n) is 1.90. The first kappa shape index (κ1) is 15.2. The van der Waals surface area contributed by atoms with Crippen LogP contribution in [0.25, 0.3) is 0 Å². The Kier molecular flexibility index (Phi) is 7.44. The first-order valence-electron chi connectivity index (χ1n) is 6.51. The molecule has 0 aromatic carbocycles. The molecule has 0 heterocycles. The van der Waals surface area contributed by atoms with E-state index in [4.69, 9.17) is 25.8 Å². The summed E-state index contributed by atoms with van der Waals surface area (Å²) in [5.74, 6) is 0.745.